The SMILES string of the molecule is CNc1cc(C(F)(F)F)ccn1.CSCCC(=O)N1CCCC(c2nc(-c3ccc(C=O)cc3)c3c(N)nccn23)C1. The number of nitrogen functional groups attached to an aromatic ring is 1. The number of alkyl halides is 3. The number of likely N-dealkylation sites (tertiary alicyclic amines) is 1. The number of carbonyl (C=O) groups excluding carboxylic acids is 2. The summed E-state index contributed by atoms with van der Waals surface area (Å²) < 4.78 is 38.2. The van der Waals surface area contributed by atoms with Gasteiger partial charge in [-0.05, 0) is 31.2 Å². The first kappa shape index (κ1) is 30.8. The molecule has 222 valence electrons. The second-order valence-electron chi connectivity index (χ2n) is 9.69. The lowest BCUT2D eigenvalue weighted by Gasteiger charge is -2.32. The Kier molecular flexibility index (Phi) is 10.0. The van der Waals surface area contributed by atoms with Crippen LogP contribution in [-0.2, 0) is 11.0 Å². The first-order valence-electron chi connectivity index (χ1n) is 13.3. The van der Waals surface area contributed by atoms with Crippen molar-refractivity contribution in [1.82, 2.24) is 24.3 Å². The van der Waals surface area contributed by atoms with Crippen LogP contribution in [0.5, 0.6) is 0 Å². The number of anilines is 2. The maximum Gasteiger partial charge on any atom is 0.416 e. The fourth-order valence-electron chi connectivity index (χ4n) is 4.80. The smallest absolute Gasteiger partial charge is 0.382 e. The van der Waals surface area contributed by atoms with Crippen molar-refractivity contribution in [3.8, 4) is 11.3 Å². The number of imidazole rings is 1. The third-order valence-electron chi connectivity index (χ3n) is 6.93. The molecule has 4 aromatic rings. The minimum absolute atomic E-state index is 0.134. The van der Waals surface area contributed by atoms with E-state index in [-0.39, 0.29) is 17.6 Å². The summed E-state index contributed by atoms with van der Waals surface area (Å²) >= 11 is 1.69. The van der Waals surface area contributed by atoms with E-state index in [4.69, 9.17) is 10.7 Å². The average molecular weight is 600 g/mol. The van der Waals surface area contributed by atoms with Crippen LogP contribution in [0, 0.1) is 0 Å². The second kappa shape index (κ2) is 13.7. The second-order valence-corrected chi connectivity index (χ2v) is 10.7. The Morgan fingerprint density at radius 1 is 1.19 bits per heavy atom. The van der Waals surface area contributed by atoms with Crippen LogP contribution in [0.4, 0.5) is 24.8 Å². The topological polar surface area (TPSA) is 119 Å². The minimum atomic E-state index is -4.30. The van der Waals surface area contributed by atoms with Gasteiger partial charge < -0.3 is 16.0 Å². The van der Waals surface area contributed by atoms with E-state index in [0.717, 1.165) is 72.4 Å². The number of carbonyl (C=O) groups is 2. The number of aromatic nitrogens is 4. The molecule has 1 aromatic carbocycles. The molecule has 42 heavy (non-hydrogen) atoms. The Bertz CT molecular complexity index is 1530. The number of hydrogen-bond acceptors (Lipinski definition) is 8. The van der Waals surface area contributed by atoms with Crippen molar-refractivity contribution in [1.29, 1.82) is 0 Å². The van der Waals surface area contributed by atoms with E-state index >= 15 is 0 Å². The van der Waals surface area contributed by atoms with Crippen LogP contribution < -0.4 is 11.1 Å². The van der Waals surface area contributed by atoms with Gasteiger partial charge in [0.05, 0.1) is 5.56 Å². The van der Waals surface area contributed by atoms with Crippen LogP contribution in [0.3, 0.4) is 0 Å². The van der Waals surface area contributed by atoms with E-state index in [1.807, 2.05) is 33.9 Å². The van der Waals surface area contributed by atoms with Gasteiger partial charge in [-0.25, -0.2) is 15.0 Å². The predicted molar refractivity (Wildman–Crippen MR) is 159 cm³/mol. The molecule has 0 saturated carbocycles. The van der Waals surface area contributed by atoms with Crippen molar-refractivity contribution >= 4 is 41.1 Å². The lowest BCUT2D eigenvalue weighted by Crippen LogP contribution is -2.39. The highest BCUT2D eigenvalue weighted by Gasteiger charge is 2.31. The summed E-state index contributed by atoms with van der Waals surface area (Å²) in [6.07, 6.45) is 5.71. The number of hydrogen-bond donors (Lipinski definition) is 2. The van der Waals surface area contributed by atoms with Crippen LogP contribution in [-0.4, -0.2) is 68.6 Å². The molecule has 1 saturated heterocycles. The first-order chi connectivity index (χ1) is 20.2. The van der Waals surface area contributed by atoms with Crippen molar-refractivity contribution in [2.75, 3.05) is 43.2 Å². The quantitative estimate of drug-likeness (QED) is 0.272. The summed E-state index contributed by atoms with van der Waals surface area (Å²) in [5.74, 6) is 2.71. The number of halogens is 3. The van der Waals surface area contributed by atoms with E-state index < -0.39 is 11.7 Å². The zero-order valence-electron chi connectivity index (χ0n) is 23.3. The number of benzene rings is 1. The van der Waals surface area contributed by atoms with Gasteiger partial charge in [0.25, 0.3) is 0 Å². The fraction of sp³-hybridized carbons (Fsp3) is 0.345. The number of pyridine rings is 1. The summed E-state index contributed by atoms with van der Waals surface area (Å²) in [6, 6.07) is 9.18. The fourth-order valence-corrected chi connectivity index (χ4v) is 5.18. The molecular weight excluding hydrogens is 567 g/mol. The molecule has 5 rings (SSSR count). The molecule has 4 heterocycles. The number of aldehydes is 1. The van der Waals surface area contributed by atoms with Gasteiger partial charge in [0.1, 0.15) is 35.0 Å². The molecule has 0 bridgehead atoms. The van der Waals surface area contributed by atoms with E-state index in [1.54, 1.807) is 30.1 Å². The molecule has 1 aliphatic heterocycles. The summed E-state index contributed by atoms with van der Waals surface area (Å²) in [7, 11) is 1.52. The monoisotopic (exact) mass is 599 g/mol. The Hall–Kier alpha value is -4.13. The largest absolute Gasteiger partial charge is 0.416 e. The van der Waals surface area contributed by atoms with Gasteiger partial charge in [0, 0.05) is 67.9 Å². The lowest BCUT2D eigenvalue weighted by molar-refractivity contribution is -0.137. The highest BCUT2D eigenvalue weighted by atomic mass is 32.2. The number of fused-ring (bicyclic) bond motifs is 1. The molecule has 1 aliphatic rings. The first-order valence-corrected chi connectivity index (χ1v) is 14.7. The number of rotatable bonds is 7. The standard InChI is InChI=1S/C22H25N5O2S.C7H7F3N2/c1-30-12-8-18(29)26-10-2-3-17(13-26)22-25-19(16-6-4-15(14-28)5-7-16)20-21(23)24-9-11-27(20)22;1-11-6-4-5(2-3-12-6)7(8,9)10/h4-7,9,11,14,17H,2-3,8,10,12-13H2,1H3,(H2,23,24);2-4H,1H3,(H,11,12). The number of nitrogens with zero attached hydrogens (tertiary/aromatic N) is 5. The van der Waals surface area contributed by atoms with E-state index in [2.05, 4.69) is 15.3 Å². The number of thioether (sulfide) groups is 1. The molecule has 1 fully saturated rings. The molecule has 1 unspecified atom stereocenters. The predicted octanol–water partition coefficient (Wildman–Crippen LogP) is 5.39. The summed E-state index contributed by atoms with van der Waals surface area (Å²) in [6.45, 7) is 1.47. The van der Waals surface area contributed by atoms with Crippen LogP contribution in [0.25, 0.3) is 16.8 Å². The molecule has 3 N–H and O–H groups in total. The van der Waals surface area contributed by atoms with Gasteiger partial charge in [-0.3, -0.25) is 14.0 Å². The van der Waals surface area contributed by atoms with Crippen molar-refractivity contribution in [2.24, 2.45) is 0 Å². The normalized spacial score (nSPS) is 15.2. The molecule has 0 radical (unpaired) electrons. The summed E-state index contributed by atoms with van der Waals surface area (Å²) in [5.41, 5.74) is 8.54. The van der Waals surface area contributed by atoms with E-state index in [0.29, 0.717) is 24.3 Å². The number of amides is 1. The Morgan fingerprint density at radius 2 is 1.95 bits per heavy atom. The van der Waals surface area contributed by atoms with Gasteiger partial charge in [-0.2, -0.15) is 24.9 Å². The van der Waals surface area contributed by atoms with Gasteiger partial charge in [-0.1, -0.05) is 24.3 Å². The average Bonchev–Trinajstić information content (AvgIpc) is 3.41. The van der Waals surface area contributed by atoms with E-state index in [9.17, 15) is 22.8 Å². The van der Waals surface area contributed by atoms with Gasteiger partial charge in [0.2, 0.25) is 5.91 Å². The molecule has 3 aromatic heterocycles. The maximum absolute atomic E-state index is 12.6. The molecule has 0 aliphatic carbocycles. The number of piperidine rings is 1. The Labute approximate surface area is 245 Å². The van der Waals surface area contributed by atoms with Crippen molar-refractivity contribution in [2.45, 2.75) is 31.4 Å². The molecule has 13 heteroatoms. The van der Waals surface area contributed by atoms with Crippen LogP contribution >= 0.6 is 11.8 Å². The molecule has 0 spiro atoms. The van der Waals surface area contributed by atoms with Gasteiger partial charge in [-0.15, -0.1) is 0 Å². The van der Waals surface area contributed by atoms with Crippen molar-refractivity contribution < 1.29 is 22.8 Å². The highest BCUT2D eigenvalue weighted by Crippen LogP contribution is 2.34. The van der Waals surface area contributed by atoms with E-state index in [1.165, 1.54) is 7.05 Å². The lowest BCUT2D eigenvalue weighted by atomic mass is 9.97. The van der Waals surface area contributed by atoms with Gasteiger partial charge >= 0.3 is 6.18 Å². The molecule has 1 atom stereocenters. The minimum Gasteiger partial charge on any atom is -0.382 e. The van der Waals surface area contributed by atoms with Crippen LogP contribution in [0.1, 0.15) is 46.9 Å². The molecule has 1 amide bonds. The van der Waals surface area contributed by atoms with Gasteiger partial charge in [0.15, 0.2) is 0 Å². The maximum atomic E-state index is 12.6. The third kappa shape index (κ3) is 7.19. The Morgan fingerprint density at radius 3 is 2.62 bits per heavy atom. The zero-order chi connectivity index (χ0) is 30.3. The molecular formula is C29H32F3N7O2S. The van der Waals surface area contributed by atoms with Crippen LogP contribution in [0.15, 0.2) is 55.0 Å². The van der Waals surface area contributed by atoms with Crippen molar-refractivity contribution in [3.05, 3.63) is 71.9 Å². The van der Waals surface area contributed by atoms with Crippen molar-refractivity contribution in [3.63, 3.8) is 0 Å². The third-order valence-corrected chi connectivity index (χ3v) is 7.55. The zero-order valence-corrected chi connectivity index (χ0v) is 24.1. The molecule has 9 nitrogen and oxygen atoms in total. The van der Waals surface area contributed by atoms with Crippen LogP contribution in [0.2, 0.25) is 0 Å². The summed E-state index contributed by atoms with van der Waals surface area (Å²) in [5, 5.41) is 2.53. The summed E-state index contributed by atoms with van der Waals surface area (Å²) in [4.78, 5) is 38.4. The number of nitrogens with one attached hydrogen (secondary N) is 1. The number of nitrogens with two attached hydrogens (primary N) is 1. The highest BCUT2D eigenvalue weighted by molar-refractivity contribution is 7.98. The Balaban J connectivity index is 0.000000283.